The zero-order valence-electron chi connectivity index (χ0n) is 23.5. The number of aromatic nitrogens is 2. The summed E-state index contributed by atoms with van der Waals surface area (Å²) in [6.45, 7) is 5.46. The van der Waals surface area contributed by atoms with Gasteiger partial charge in [0.25, 0.3) is 0 Å². The number of benzene rings is 1. The SMILES string of the molecule is CN(C(=O)C1CCN(C(=O)OC(C)(C)C)C1)[C@@H](c1ccc(Nc2cnc3cccnc3c2C2CC2)cc1)C(F)(F)F. The van der Waals surface area contributed by atoms with Crippen LogP contribution < -0.4 is 5.32 Å². The number of rotatable bonds is 6. The predicted molar refractivity (Wildman–Crippen MR) is 149 cm³/mol. The van der Waals surface area contributed by atoms with Crippen molar-refractivity contribution < 1.29 is 27.5 Å². The molecular formula is C30H34F3N5O3. The lowest BCUT2D eigenvalue weighted by molar-refractivity contribution is -0.190. The second-order valence-electron chi connectivity index (χ2n) is 11.8. The van der Waals surface area contributed by atoms with Crippen LogP contribution in [0, 0.1) is 5.92 Å². The number of alkyl halides is 3. The summed E-state index contributed by atoms with van der Waals surface area (Å²) in [5.41, 5.74) is 3.31. The standard InChI is InChI=1S/C30H34F3N5O3/c1-29(2,3)41-28(40)38-15-13-20(17-38)27(39)37(4)26(30(31,32)33)19-9-11-21(12-10-19)36-23-16-35-22-6-5-14-34-25(22)24(23)18-7-8-18/h5-6,9-12,14,16,18,20,26,36H,7-8,13,15,17H2,1-4H3/t20?,26-/m0/s1. The lowest BCUT2D eigenvalue weighted by atomic mass is 10.0. The summed E-state index contributed by atoms with van der Waals surface area (Å²) in [7, 11) is 1.17. The molecule has 11 heteroatoms. The summed E-state index contributed by atoms with van der Waals surface area (Å²) in [6, 6.07) is 7.53. The van der Waals surface area contributed by atoms with Crippen molar-refractivity contribution in [3.05, 3.63) is 59.9 Å². The molecule has 0 radical (unpaired) electrons. The van der Waals surface area contributed by atoms with Crippen molar-refractivity contribution >= 4 is 34.4 Å². The first-order valence-electron chi connectivity index (χ1n) is 13.7. The van der Waals surface area contributed by atoms with E-state index in [9.17, 15) is 22.8 Å². The first-order chi connectivity index (χ1) is 19.3. The van der Waals surface area contributed by atoms with Gasteiger partial charge in [0.1, 0.15) is 5.60 Å². The van der Waals surface area contributed by atoms with E-state index in [0.717, 1.165) is 40.0 Å². The van der Waals surface area contributed by atoms with Crippen LogP contribution in [-0.4, -0.2) is 63.7 Å². The van der Waals surface area contributed by atoms with Crippen molar-refractivity contribution in [2.75, 3.05) is 25.5 Å². The van der Waals surface area contributed by atoms with Crippen molar-refractivity contribution in [1.82, 2.24) is 19.8 Å². The maximum absolute atomic E-state index is 14.3. The van der Waals surface area contributed by atoms with E-state index in [1.165, 1.54) is 24.1 Å². The molecule has 2 fully saturated rings. The Balaban J connectivity index is 1.32. The van der Waals surface area contributed by atoms with Crippen molar-refractivity contribution in [1.29, 1.82) is 0 Å². The number of hydrogen-bond acceptors (Lipinski definition) is 6. The maximum atomic E-state index is 14.3. The Hall–Kier alpha value is -3.89. The molecular weight excluding hydrogens is 535 g/mol. The van der Waals surface area contributed by atoms with Gasteiger partial charge in [0.05, 0.1) is 28.8 Å². The summed E-state index contributed by atoms with van der Waals surface area (Å²) >= 11 is 0. The molecule has 2 aromatic heterocycles. The third-order valence-electron chi connectivity index (χ3n) is 7.39. The number of anilines is 2. The second-order valence-corrected chi connectivity index (χ2v) is 11.8. The van der Waals surface area contributed by atoms with Crippen molar-refractivity contribution in [2.45, 2.75) is 63.8 Å². The number of amides is 2. The lowest BCUT2D eigenvalue weighted by Gasteiger charge is -2.32. The van der Waals surface area contributed by atoms with Crippen LogP contribution in [0.15, 0.2) is 48.8 Å². The Morgan fingerprint density at radius 2 is 1.78 bits per heavy atom. The molecule has 0 spiro atoms. The summed E-state index contributed by atoms with van der Waals surface area (Å²) < 4.78 is 48.3. The Labute approximate surface area is 236 Å². The van der Waals surface area contributed by atoms with Gasteiger partial charge in [0, 0.05) is 37.6 Å². The zero-order valence-corrected chi connectivity index (χ0v) is 23.5. The fourth-order valence-corrected chi connectivity index (χ4v) is 5.33. The predicted octanol–water partition coefficient (Wildman–Crippen LogP) is 6.57. The normalized spacial score (nSPS) is 18.3. The number of fused-ring (bicyclic) bond motifs is 1. The number of carbonyl (C=O) groups is 2. The van der Waals surface area contributed by atoms with E-state index >= 15 is 0 Å². The topological polar surface area (TPSA) is 87.7 Å². The Morgan fingerprint density at radius 1 is 1.07 bits per heavy atom. The van der Waals surface area contributed by atoms with Crippen LogP contribution in [-0.2, 0) is 9.53 Å². The van der Waals surface area contributed by atoms with Crippen LogP contribution in [0.5, 0.6) is 0 Å². The maximum Gasteiger partial charge on any atom is 0.413 e. The Kier molecular flexibility index (Phi) is 7.56. The Morgan fingerprint density at radius 3 is 2.41 bits per heavy atom. The summed E-state index contributed by atoms with van der Waals surface area (Å²) in [4.78, 5) is 36.7. The molecule has 3 heterocycles. The third-order valence-corrected chi connectivity index (χ3v) is 7.39. The van der Waals surface area contributed by atoms with Gasteiger partial charge < -0.3 is 19.9 Å². The minimum atomic E-state index is -4.70. The first kappa shape index (κ1) is 28.6. The molecule has 1 saturated carbocycles. The van der Waals surface area contributed by atoms with E-state index < -0.39 is 35.7 Å². The minimum Gasteiger partial charge on any atom is -0.444 e. The largest absolute Gasteiger partial charge is 0.444 e. The molecule has 2 atom stereocenters. The van der Waals surface area contributed by atoms with Crippen molar-refractivity contribution in [3.8, 4) is 0 Å². The van der Waals surface area contributed by atoms with Gasteiger partial charge >= 0.3 is 12.3 Å². The van der Waals surface area contributed by atoms with E-state index in [1.54, 1.807) is 45.3 Å². The summed E-state index contributed by atoms with van der Waals surface area (Å²) in [5.74, 6) is -1.04. The molecule has 1 aromatic carbocycles. The number of pyridine rings is 2. The average molecular weight is 570 g/mol. The quantitative estimate of drug-likeness (QED) is 0.361. The second kappa shape index (κ2) is 10.8. The van der Waals surface area contributed by atoms with Gasteiger partial charge in [0.2, 0.25) is 5.91 Å². The highest BCUT2D eigenvalue weighted by Crippen LogP contribution is 2.46. The van der Waals surface area contributed by atoms with E-state index in [0.29, 0.717) is 11.6 Å². The van der Waals surface area contributed by atoms with Crippen LogP contribution in [0.3, 0.4) is 0 Å². The number of nitrogens with one attached hydrogen (secondary N) is 1. The van der Waals surface area contributed by atoms with Crippen LogP contribution >= 0.6 is 0 Å². The molecule has 2 aliphatic rings. The van der Waals surface area contributed by atoms with Gasteiger partial charge in [-0.05, 0) is 75.8 Å². The average Bonchev–Trinajstić information content (AvgIpc) is 3.61. The van der Waals surface area contributed by atoms with Crippen LogP contribution in [0.4, 0.5) is 29.3 Å². The molecule has 3 aromatic rings. The third kappa shape index (κ3) is 6.39. The molecule has 2 amide bonds. The fraction of sp³-hybridized carbons (Fsp3) is 0.467. The van der Waals surface area contributed by atoms with E-state index in [-0.39, 0.29) is 25.1 Å². The molecule has 0 bridgehead atoms. The number of halogens is 3. The smallest absolute Gasteiger partial charge is 0.413 e. The molecule has 8 nitrogen and oxygen atoms in total. The zero-order chi connectivity index (χ0) is 29.5. The Bertz CT molecular complexity index is 1430. The lowest BCUT2D eigenvalue weighted by Crippen LogP contribution is -2.43. The summed E-state index contributed by atoms with van der Waals surface area (Å²) in [5, 5.41) is 3.31. The van der Waals surface area contributed by atoms with Crippen molar-refractivity contribution in [3.63, 3.8) is 0 Å². The van der Waals surface area contributed by atoms with E-state index in [1.807, 2.05) is 12.1 Å². The number of nitrogens with zero attached hydrogens (tertiary/aromatic N) is 4. The molecule has 1 aliphatic heterocycles. The molecule has 1 saturated heterocycles. The first-order valence-corrected chi connectivity index (χ1v) is 13.7. The molecule has 218 valence electrons. The highest BCUT2D eigenvalue weighted by molar-refractivity contribution is 5.85. The van der Waals surface area contributed by atoms with Gasteiger partial charge in [-0.1, -0.05) is 12.1 Å². The minimum absolute atomic E-state index is 0.0174. The van der Waals surface area contributed by atoms with E-state index in [4.69, 9.17) is 4.74 Å². The van der Waals surface area contributed by atoms with Crippen molar-refractivity contribution in [2.24, 2.45) is 5.92 Å². The fourth-order valence-electron chi connectivity index (χ4n) is 5.33. The van der Waals surface area contributed by atoms with Gasteiger partial charge in [-0.15, -0.1) is 0 Å². The highest BCUT2D eigenvalue weighted by atomic mass is 19.4. The molecule has 5 rings (SSSR count). The monoisotopic (exact) mass is 569 g/mol. The molecule has 1 aliphatic carbocycles. The highest BCUT2D eigenvalue weighted by Gasteiger charge is 2.47. The van der Waals surface area contributed by atoms with Gasteiger partial charge in [-0.25, -0.2) is 4.79 Å². The number of likely N-dealkylation sites (tertiary alicyclic amines) is 1. The van der Waals surface area contributed by atoms with Gasteiger partial charge in [0.15, 0.2) is 6.04 Å². The van der Waals surface area contributed by atoms with Gasteiger partial charge in [-0.2, -0.15) is 13.2 Å². The van der Waals surface area contributed by atoms with Crippen LogP contribution in [0.2, 0.25) is 0 Å². The summed E-state index contributed by atoms with van der Waals surface area (Å²) in [6.07, 6.45) is 0.557. The van der Waals surface area contributed by atoms with E-state index in [2.05, 4.69) is 15.3 Å². The number of ether oxygens (including phenoxy) is 1. The molecule has 41 heavy (non-hydrogen) atoms. The number of carbonyl (C=O) groups excluding carboxylic acids is 2. The van der Waals surface area contributed by atoms with Crippen LogP contribution in [0.1, 0.15) is 63.1 Å². The van der Waals surface area contributed by atoms with Gasteiger partial charge in [-0.3, -0.25) is 14.8 Å². The van der Waals surface area contributed by atoms with Crippen LogP contribution in [0.25, 0.3) is 11.0 Å². The number of hydrogen-bond donors (Lipinski definition) is 1. The molecule has 1 N–H and O–H groups in total. The molecule has 1 unspecified atom stereocenters.